The number of hydrogen-bond acceptors (Lipinski definition) is 5. The SMILES string of the molecule is CCN(CCNC(=O)CSc1nc2ccccc2c(=O)n1CC)c1cccc(C)c1. The molecular formula is C23H28N4O2S. The molecule has 0 saturated carbocycles. The van der Waals surface area contributed by atoms with Crippen molar-refractivity contribution in [2.24, 2.45) is 0 Å². The number of amides is 1. The summed E-state index contributed by atoms with van der Waals surface area (Å²) >= 11 is 1.30. The van der Waals surface area contributed by atoms with Crippen molar-refractivity contribution in [3.05, 3.63) is 64.4 Å². The summed E-state index contributed by atoms with van der Waals surface area (Å²) in [5.41, 5.74) is 2.97. The van der Waals surface area contributed by atoms with Gasteiger partial charge in [0, 0.05) is 31.9 Å². The molecule has 0 radical (unpaired) electrons. The first kappa shape index (κ1) is 21.9. The van der Waals surface area contributed by atoms with Crippen LogP contribution in [0.3, 0.4) is 0 Å². The van der Waals surface area contributed by atoms with E-state index < -0.39 is 0 Å². The van der Waals surface area contributed by atoms with Gasteiger partial charge in [-0.1, -0.05) is 36.0 Å². The number of rotatable bonds is 9. The van der Waals surface area contributed by atoms with Crippen LogP contribution in [0.25, 0.3) is 10.9 Å². The van der Waals surface area contributed by atoms with Crippen LogP contribution in [0.1, 0.15) is 19.4 Å². The molecule has 30 heavy (non-hydrogen) atoms. The highest BCUT2D eigenvalue weighted by atomic mass is 32.2. The number of carbonyl (C=O) groups excluding carboxylic acids is 1. The average molecular weight is 425 g/mol. The first-order chi connectivity index (χ1) is 14.5. The highest BCUT2D eigenvalue weighted by molar-refractivity contribution is 7.99. The lowest BCUT2D eigenvalue weighted by Crippen LogP contribution is -2.35. The normalized spacial score (nSPS) is 10.9. The summed E-state index contributed by atoms with van der Waals surface area (Å²) in [5.74, 6) is 0.159. The van der Waals surface area contributed by atoms with Crippen LogP contribution in [0.2, 0.25) is 0 Å². The van der Waals surface area contributed by atoms with Gasteiger partial charge in [0.15, 0.2) is 5.16 Å². The summed E-state index contributed by atoms with van der Waals surface area (Å²) in [5, 5.41) is 4.15. The van der Waals surface area contributed by atoms with E-state index in [0.29, 0.717) is 29.1 Å². The molecule has 0 spiro atoms. The van der Waals surface area contributed by atoms with E-state index in [1.165, 1.54) is 17.3 Å². The van der Waals surface area contributed by atoms with Gasteiger partial charge in [-0.25, -0.2) is 4.98 Å². The molecule has 158 valence electrons. The Bertz CT molecular complexity index is 1080. The van der Waals surface area contributed by atoms with E-state index in [1.54, 1.807) is 10.6 Å². The van der Waals surface area contributed by atoms with Crippen molar-refractivity contribution in [3.8, 4) is 0 Å². The van der Waals surface area contributed by atoms with Crippen molar-refractivity contribution in [1.82, 2.24) is 14.9 Å². The number of para-hydroxylation sites is 1. The average Bonchev–Trinajstić information content (AvgIpc) is 2.75. The zero-order valence-corrected chi connectivity index (χ0v) is 18.5. The zero-order valence-electron chi connectivity index (χ0n) is 17.7. The lowest BCUT2D eigenvalue weighted by Gasteiger charge is -2.23. The van der Waals surface area contributed by atoms with E-state index in [9.17, 15) is 9.59 Å². The molecule has 2 aromatic carbocycles. The first-order valence-corrected chi connectivity index (χ1v) is 11.2. The predicted molar refractivity (Wildman–Crippen MR) is 124 cm³/mol. The summed E-state index contributed by atoms with van der Waals surface area (Å²) in [7, 11) is 0. The Labute approximate surface area is 181 Å². The van der Waals surface area contributed by atoms with Gasteiger partial charge >= 0.3 is 0 Å². The Morgan fingerprint density at radius 1 is 1.17 bits per heavy atom. The molecule has 3 rings (SSSR count). The van der Waals surface area contributed by atoms with E-state index in [4.69, 9.17) is 0 Å². The number of carbonyl (C=O) groups is 1. The number of hydrogen-bond donors (Lipinski definition) is 1. The van der Waals surface area contributed by atoms with Crippen molar-refractivity contribution in [2.45, 2.75) is 32.5 Å². The second-order valence-corrected chi connectivity index (χ2v) is 7.96. The van der Waals surface area contributed by atoms with Crippen LogP contribution in [0, 0.1) is 6.92 Å². The van der Waals surface area contributed by atoms with Gasteiger partial charge in [0.05, 0.1) is 16.7 Å². The van der Waals surface area contributed by atoms with Crippen molar-refractivity contribution in [2.75, 3.05) is 30.3 Å². The van der Waals surface area contributed by atoms with Crippen LogP contribution >= 0.6 is 11.8 Å². The van der Waals surface area contributed by atoms with Crippen molar-refractivity contribution >= 4 is 34.3 Å². The third kappa shape index (κ3) is 5.21. The summed E-state index contributed by atoms with van der Waals surface area (Å²) in [4.78, 5) is 31.8. The summed E-state index contributed by atoms with van der Waals surface area (Å²) in [6.45, 7) is 8.78. The molecular weight excluding hydrogens is 396 g/mol. The van der Waals surface area contributed by atoms with Crippen LogP contribution in [-0.4, -0.2) is 40.8 Å². The number of benzene rings is 2. The molecule has 0 unspecified atom stereocenters. The standard InChI is InChI=1S/C23H28N4O2S/c1-4-26(18-10-8-9-17(3)15-18)14-13-24-21(28)16-30-23-25-20-12-7-6-11-19(20)22(29)27(23)5-2/h6-12,15H,4-5,13-14,16H2,1-3H3,(H,24,28). The van der Waals surface area contributed by atoms with Gasteiger partial charge in [0.25, 0.3) is 5.56 Å². The minimum absolute atomic E-state index is 0.0645. The van der Waals surface area contributed by atoms with Gasteiger partial charge in [0.2, 0.25) is 5.91 Å². The number of likely N-dealkylation sites (N-methyl/N-ethyl adjacent to an activating group) is 1. The van der Waals surface area contributed by atoms with E-state index in [1.807, 2.05) is 31.2 Å². The Morgan fingerprint density at radius 2 is 1.97 bits per heavy atom. The summed E-state index contributed by atoms with van der Waals surface area (Å²) in [6, 6.07) is 15.7. The zero-order chi connectivity index (χ0) is 21.5. The largest absolute Gasteiger partial charge is 0.370 e. The summed E-state index contributed by atoms with van der Waals surface area (Å²) < 4.78 is 1.62. The number of aryl methyl sites for hydroxylation is 1. The second kappa shape index (κ2) is 10.3. The molecule has 0 aliphatic rings. The molecule has 1 amide bonds. The van der Waals surface area contributed by atoms with Gasteiger partial charge in [0.1, 0.15) is 0 Å². The third-order valence-electron chi connectivity index (χ3n) is 4.93. The number of thioether (sulfide) groups is 1. The highest BCUT2D eigenvalue weighted by Gasteiger charge is 2.12. The molecule has 0 atom stereocenters. The molecule has 1 aromatic heterocycles. The van der Waals surface area contributed by atoms with Crippen LogP contribution in [-0.2, 0) is 11.3 Å². The maximum atomic E-state index is 12.7. The van der Waals surface area contributed by atoms with Gasteiger partial charge in [-0.15, -0.1) is 0 Å². The number of anilines is 1. The lowest BCUT2D eigenvalue weighted by atomic mass is 10.2. The van der Waals surface area contributed by atoms with Gasteiger partial charge in [-0.3, -0.25) is 14.2 Å². The fourth-order valence-electron chi connectivity index (χ4n) is 3.34. The first-order valence-electron chi connectivity index (χ1n) is 10.2. The monoisotopic (exact) mass is 424 g/mol. The Balaban J connectivity index is 1.58. The van der Waals surface area contributed by atoms with Crippen LogP contribution in [0.5, 0.6) is 0 Å². The van der Waals surface area contributed by atoms with E-state index in [0.717, 1.165) is 18.8 Å². The van der Waals surface area contributed by atoms with Crippen LogP contribution in [0.4, 0.5) is 5.69 Å². The fraction of sp³-hybridized carbons (Fsp3) is 0.348. The molecule has 0 bridgehead atoms. The van der Waals surface area contributed by atoms with Gasteiger partial charge in [-0.2, -0.15) is 0 Å². The van der Waals surface area contributed by atoms with E-state index >= 15 is 0 Å². The molecule has 0 aliphatic carbocycles. The maximum absolute atomic E-state index is 12.7. The molecule has 6 nitrogen and oxygen atoms in total. The van der Waals surface area contributed by atoms with Gasteiger partial charge < -0.3 is 10.2 Å². The minimum atomic E-state index is -0.0669. The van der Waals surface area contributed by atoms with Crippen molar-refractivity contribution in [3.63, 3.8) is 0 Å². The fourth-order valence-corrected chi connectivity index (χ4v) is 4.24. The number of fused-ring (bicyclic) bond motifs is 1. The number of nitrogens with zero attached hydrogens (tertiary/aromatic N) is 3. The number of aromatic nitrogens is 2. The van der Waals surface area contributed by atoms with Gasteiger partial charge in [-0.05, 0) is 50.6 Å². The minimum Gasteiger partial charge on any atom is -0.370 e. The smallest absolute Gasteiger partial charge is 0.262 e. The predicted octanol–water partition coefficient (Wildman–Crippen LogP) is 3.46. The molecule has 1 heterocycles. The molecule has 1 N–H and O–H groups in total. The van der Waals surface area contributed by atoms with Crippen molar-refractivity contribution in [1.29, 1.82) is 0 Å². The summed E-state index contributed by atoms with van der Waals surface area (Å²) in [6.07, 6.45) is 0. The Kier molecular flexibility index (Phi) is 7.52. The molecule has 0 saturated heterocycles. The van der Waals surface area contributed by atoms with Crippen LogP contribution < -0.4 is 15.8 Å². The molecule has 3 aromatic rings. The number of nitrogens with one attached hydrogen (secondary N) is 1. The quantitative estimate of drug-likeness (QED) is 0.421. The second-order valence-electron chi connectivity index (χ2n) is 7.02. The Morgan fingerprint density at radius 3 is 2.70 bits per heavy atom. The highest BCUT2D eigenvalue weighted by Crippen LogP contribution is 2.18. The lowest BCUT2D eigenvalue weighted by molar-refractivity contribution is -0.118. The van der Waals surface area contributed by atoms with E-state index in [2.05, 4.69) is 47.2 Å². The topological polar surface area (TPSA) is 67.2 Å². The molecule has 0 fully saturated rings. The molecule has 0 aliphatic heterocycles. The van der Waals surface area contributed by atoms with E-state index in [-0.39, 0.29) is 17.2 Å². The van der Waals surface area contributed by atoms with Crippen LogP contribution in [0.15, 0.2) is 58.5 Å². The molecule has 7 heteroatoms. The third-order valence-corrected chi connectivity index (χ3v) is 5.90. The Hall–Kier alpha value is -2.80. The maximum Gasteiger partial charge on any atom is 0.262 e. The van der Waals surface area contributed by atoms with Crippen molar-refractivity contribution < 1.29 is 4.79 Å².